The van der Waals surface area contributed by atoms with Crippen LogP contribution in [-0.2, 0) is 6.42 Å². The van der Waals surface area contributed by atoms with Crippen molar-refractivity contribution in [3.8, 4) is 0 Å². The average Bonchev–Trinajstić information content (AvgIpc) is 2.86. The fourth-order valence-corrected chi connectivity index (χ4v) is 1.88. The third-order valence-corrected chi connectivity index (χ3v) is 2.73. The van der Waals surface area contributed by atoms with Crippen molar-refractivity contribution in [3.05, 3.63) is 30.5 Å². The molecule has 0 amide bonds. The summed E-state index contributed by atoms with van der Waals surface area (Å²) in [5, 5.41) is 4.16. The summed E-state index contributed by atoms with van der Waals surface area (Å²) in [6, 6.07) is 4.29. The molecule has 2 aromatic rings. The van der Waals surface area contributed by atoms with Crippen molar-refractivity contribution in [1.29, 1.82) is 0 Å². The zero-order valence-corrected chi connectivity index (χ0v) is 9.33. The predicted octanol–water partition coefficient (Wildman–Crippen LogP) is 2.56. The molecule has 0 saturated heterocycles. The summed E-state index contributed by atoms with van der Waals surface area (Å²) in [5.41, 5.74) is 0. The molecule has 1 atom stereocenters. The van der Waals surface area contributed by atoms with Crippen LogP contribution in [0.5, 0.6) is 0 Å². The highest BCUT2D eigenvalue weighted by molar-refractivity contribution is 7.09. The summed E-state index contributed by atoms with van der Waals surface area (Å²) in [6.45, 7) is 2.13. The van der Waals surface area contributed by atoms with Gasteiger partial charge in [-0.25, -0.2) is 4.98 Å². The number of rotatable bonds is 5. The van der Waals surface area contributed by atoms with E-state index in [1.807, 2.05) is 12.1 Å². The van der Waals surface area contributed by atoms with E-state index in [9.17, 15) is 0 Å². The monoisotopic (exact) mass is 223 g/mol. The summed E-state index contributed by atoms with van der Waals surface area (Å²) in [7, 11) is 0. The van der Waals surface area contributed by atoms with Gasteiger partial charge in [-0.2, -0.15) is 4.37 Å². The van der Waals surface area contributed by atoms with E-state index in [4.69, 9.17) is 4.42 Å². The first-order chi connectivity index (χ1) is 7.34. The Kier molecular flexibility index (Phi) is 3.34. The summed E-state index contributed by atoms with van der Waals surface area (Å²) < 4.78 is 9.20. The van der Waals surface area contributed by atoms with Gasteiger partial charge in [-0.15, -0.1) is 0 Å². The molecule has 0 aliphatic carbocycles. The summed E-state index contributed by atoms with van der Waals surface area (Å²) in [6.07, 6.45) is 5.23. The molecule has 0 fully saturated rings. The molecule has 0 bridgehead atoms. The number of anilines is 1. The highest BCUT2D eigenvalue weighted by Crippen LogP contribution is 2.12. The summed E-state index contributed by atoms with van der Waals surface area (Å²) >= 11 is 1.38. The van der Waals surface area contributed by atoms with E-state index in [-0.39, 0.29) is 0 Å². The highest BCUT2D eigenvalue weighted by atomic mass is 32.1. The Labute approximate surface area is 92.5 Å². The van der Waals surface area contributed by atoms with Crippen LogP contribution >= 0.6 is 11.5 Å². The van der Waals surface area contributed by atoms with Gasteiger partial charge < -0.3 is 9.73 Å². The number of furan rings is 1. The van der Waals surface area contributed by atoms with Crippen LogP contribution in [0.15, 0.2) is 29.1 Å². The third kappa shape index (κ3) is 3.06. The molecule has 0 radical (unpaired) electrons. The zero-order valence-electron chi connectivity index (χ0n) is 8.51. The first kappa shape index (κ1) is 10.2. The van der Waals surface area contributed by atoms with Gasteiger partial charge in [-0.1, -0.05) is 0 Å². The Bertz CT molecular complexity index is 371. The van der Waals surface area contributed by atoms with Gasteiger partial charge in [0.15, 0.2) is 0 Å². The quantitative estimate of drug-likeness (QED) is 0.846. The van der Waals surface area contributed by atoms with Gasteiger partial charge in [-0.05, 0) is 25.5 Å². The lowest BCUT2D eigenvalue weighted by molar-refractivity contribution is 0.495. The van der Waals surface area contributed by atoms with Crippen molar-refractivity contribution in [2.24, 2.45) is 0 Å². The Morgan fingerprint density at radius 3 is 3.20 bits per heavy atom. The van der Waals surface area contributed by atoms with E-state index in [1.54, 1.807) is 12.6 Å². The number of aromatic nitrogens is 2. The predicted molar refractivity (Wildman–Crippen MR) is 60.0 cm³/mol. The van der Waals surface area contributed by atoms with Gasteiger partial charge in [0.2, 0.25) is 5.13 Å². The van der Waals surface area contributed by atoms with E-state index in [0.29, 0.717) is 6.04 Å². The molecule has 0 aliphatic rings. The van der Waals surface area contributed by atoms with Gasteiger partial charge in [-0.3, -0.25) is 0 Å². The number of nitrogens with one attached hydrogen (secondary N) is 1. The standard InChI is InChI=1S/C10H13N3OS/c1-8(13-10-11-7-12-15-10)4-5-9-3-2-6-14-9/h2-3,6-8H,4-5H2,1H3,(H,11,12,13). The second-order valence-electron chi connectivity index (χ2n) is 3.41. The second-order valence-corrected chi connectivity index (χ2v) is 4.19. The van der Waals surface area contributed by atoms with Crippen LogP contribution in [0.25, 0.3) is 0 Å². The first-order valence-electron chi connectivity index (χ1n) is 4.90. The Morgan fingerprint density at radius 1 is 1.60 bits per heavy atom. The molecule has 1 N–H and O–H groups in total. The first-order valence-corrected chi connectivity index (χ1v) is 5.67. The van der Waals surface area contributed by atoms with Gasteiger partial charge in [0.05, 0.1) is 6.26 Å². The Morgan fingerprint density at radius 2 is 2.53 bits per heavy atom. The van der Waals surface area contributed by atoms with Crippen LogP contribution in [0.4, 0.5) is 5.13 Å². The molecular weight excluding hydrogens is 210 g/mol. The minimum absolute atomic E-state index is 0.378. The molecule has 4 nitrogen and oxygen atoms in total. The molecule has 0 aliphatic heterocycles. The fraction of sp³-hybridized carbons (Fsp3) is 0.400. The van der Waals surface area contributed by atoms with Gasteiger partial charge >= 0.3 is 0 Å². The molecule has 5 heteroatoms. The SMILES string of the molecule is CC(CCc1ccco1)Nc1ncns1. The topological polar surface area (TPSA) is 51.0 Å². The molecule has 80 valence electrons. The average molecular weight is 223 g/mol. The van der Waals surface area contributed by atoms with Crippen molar-refractivity contribution in [3.63, 3.8) is 0 Å². The van der Waals surface area contributed by atoms with Gasteiger partial charge in [0, 0.05) is 24.0 Å². The Hall–Kier alpha value is -1.36. The molecule has 2 rings (SSSR count). The van der Waals surface area contributed by atoms with Crippen LogP contribution in [0.1, 0.15) is 19.1 Å². The van der Waals surface area contributed by atoms with Crippen LogP contribution in [-0.4, -0.2) is 15.4 Å². The lowest BCUT2D eigenvalue weighted by Crippen LogP contribution is -2.15. The molecule has 2 heterocycles. The van der Waals surface area contributed by atoms with Crippen LogP contribution in [0.2, 0.25) is 0 Å². The molecule has 2 aromatic heterocycles. The largest absolute Gasteiger partial charge is 0.469 e. The van der Waals surface area contributed by atoms with Crippen molar-refractivity contribution in [2.75, 3.05) is 5.32 Å². The summed E-state index contributed by atoms with van der Waals surface area (Å²) in [5.74, 6) is 1.03. The van der Waals surface area contributed by atoms with E-state index >= 15 is 0 Å². The van der Waals surface area contributed by atoms with E-state index in [0.717, 1.165) is 23.7 Å². The smallest absolute Gasteiger partial charge is 0.202 e. The molecule has 0 saturated carbocycles. The number of hydrogen-bond donors (Lipinski definition) is 1. The van der Waals surface area contributed by atoms with Crippen molar-refractivity contribution in [2.45, 2.75) is 25.8 Å². The molecule has 0 aromatic carbocycles. The van der Waals surface area contributed by atoms with Crippen molar-refractivity contribution >= 4 is 16.7 Å². The Balaban J connectivity index is 1.76. The fourth-order valence-electron chi connectivity index (χ4n) is 1.33. The van der Waals surface area contributed by atoms with Crippen molar-refractivity contribution < 1.29 is 4.42 Å². The maximum atomic E-state index is 5.27. The van der Waals surface area contributed by atoms with Crippen molar-refractivity contribution in [1.82, 2.24) is 9.36 Å². The second kappa shape index (κ2) is 4.93. The van der Waals surface area contributed by atoms with E-state index in [2.05, 4.69) is 21.6 Å². The number of nitrogens with zero attached hydrogens (tertiary/aromatic N) is 2. The van der Waals surface area contributed by atoms with E-state index in [1.165, 1.54) is 11.5 Å². The zero-order chi connectivity index (χ0) is 10.5. The normalized spacial score (nSPS) is 12.6. The minimum Gasteiger partial charge on any atom is -0.469 e. The van der Waals surface area contributed by atoms with Gasteiger partial charge in [0.25, 0.3) is 0 Å². The minimum atomic E-state index is 0.378. The lowest BCUT2D eigenvalue weighted by atomic mass is 10.1. The maximum absolute atomic E-state index is 5.27. The highest BCUT2D eigenvalue weighted by Gasteiger charge is 2.05. The van der Waals surface area contributed by atoms with E-state index < -0.39 is 0 Å². The van der Waals surface area contributed by atoms with Gasteiger partial charge in [0.1, 0.15) is 12.1 Å². The molecule has 15 heavy (non-hydrogen) atoms. The molecule has 1 unspecified atom stereocenters. The maximum Gasteiger partial charge on any atom is 0.202 e. The molecule has 0 spiro atoms. The molecular formula is C10H13N3OS. The van der Waals surface area contributed by atoms with Crippen LogP contribution in [0, 0.1) is 0 Å². The third-order valence-electron chi connectivity index (χ3n) is 2.14. The summed E-state index contributed by atoms with van der Waals surface area (Å²) in [4.78, 5) is 4.07. The van der Waals surface area contributed by atoms with Crippen LogP contribution < -0.4 is 5.32 Å². The number of aryl methyl sites for hydroxylation is 1. The number of hydrogen-bond acceptors (Lipinski definition) is 5. The lowest BCUT2D eigenvalue weighted by Gasteiger charge is -2.10. The van der Waals surface area contributed by atoms with Crippen LogP contribution in [0.3, 0.4) is 0 Å².